The normalized spacial score (nSPS) is 12.0. The zero-order chi connectivity index (χ0) is 46.7. The number of aromatic nitrogens is 1. The summed E-state index contributed by atoms with van der Waals surface area (Å²) in [7, 11) is 0. The summed E-state index contributed by atoms with van der Waals surface area (Å²) in [5.74, 6) is 1.88. The van der Waals surface area contributed by atoms with E-state index in [1.807, 2.05) is 95.9 Å². The zero-order valence-corrected chi connectivity index (χ0v) is 39.2. The van der Waals surface area contributed by atoms with Crippen LogP contribution in [0.5, 0.6) is 11.5 Å². The molecule has 6 rings (SSSR count). The first-order valence-electron chi connectivity index (χ1n) is 22.6. The highest BCUT2D eigenvalue weighted by molar-refractivity contribution is 6.02. The molecule has 0 aliphatic rings. The molecular formula is C56H65N5O4. The van der Waals surface area contributed by atoms with E-state index >= 15 is 0 Å². The van der Waals surface area contributed by atoms with Crippen molar-refractivity contribution < 1.29 is 19.7 Å². The molecule has 0 saturated heterocycles. The second-order valence-corrected chi connectivity index (χ2v) is 18.0. The highest BCUT2D eigenvalue weighted by Gasteiger charge is 2.23. The Hall–Kier alpha value is -6.55. The minimum absolute atomic E-state index is 0.0730. The van der Waals surface area contributed by atoms with E-state index in [9.17, 15) is 15.0 Å². The zero-order valence-electron chi connectivity index (χ0n) is 39.2. The molecule has 0 radical (unpaired) electrons. The summed E-state index contributed by atoms with van der Waals surface area (Å²) in [6.45, 7) is 18.5. The molecule has 0 saturated carbocycles. The summed E-state index contributed by atoms with van der Waals surface area (Å²) in [4.78, 5) is 20.8. The summed E-state index contributed by atoms with van der Waals surface area (Å²) < 4.78 is 6.33. The number of aliphatic hydroxyl groups excluding tert-OH is 1. The van der Waals surface area contributed by atoms with Crippen molar-refractivity contribution in [3.05, 3.63) is 183 Å². The van der Waals surface area contributed by atoms with Crippen LogP contribution < -0.4 is 15.4 Å². The van der Waals surface area contributed by atoms with Crippen molar-refractivity contribution in [2.75, 3.05) is 30.3 Å². The van der Waals surface area contributed by atoms with E-state index in [0.29, 0.717) is 48.9 Å². The van der Waals surface area contributed by atoms with Crippen LogP contribution in [0.3, 0.4) is 0 Å². The third-order valence-electron chi connectivity index (χ3n) is 11.8. The number of anilines is 2. The van der Waals surface area contributed by atoms with Crippen LogP contribution in [0.2, 0.25) is 0 Å². The Morgan fingerprint density at radius 1 is 0.815 bits per heavy atom. The number of nitrogens with zero attached hydrogens (tertiary/aromatic N) is 2. The fraction of sp³-hybridized carbons (Fsp3) is 0.304. The van der Waals surface area contributed by atoms with Crippen LogP contribution in [0, 0.1) is 26.2 Å². The summed E-state index contributed by atoms with van der Waals surface area (Å²) >= 11 is 0. The van der Waals surface area contributed by atoms with Gasteiger partial charge in [-0.05, 0) is 139 Å². The molecule has 9 nitrogen and oxygen atoms in total. The van der Waals surface area contributed by atoms with Crippen LogP contribution in [0.4, 0.5) is 11.5 Å². The van der Waals surface area contributed by atoms with E-state index in [4.69, 9.17) is 15.1 Å². The number of amides is 1. The molecule has 1 unspecified atom stereocenters. The van der Waals surface area contributed by atoms with Gasteiger partial charge in [-0.1, -0.05) is 113 Å². The Kier molecular flexibility index (Phi) is 16.1. The molecule has 5 aromatic carbocycles. The molecule has 0 aliphatic heterocycles. The van der Waals surface area contributed by atoms with Crippen LogP contribution in [0.25, 0.3) is 12.2 Å². The van der Waals surface area contributed by atoms with Crippen molar-refractivity contribution in [2.45, 2.75) is 92.4 Å². The Balaban J connectivity index is 1.27. The van der Waals surface area contributed by atoms with Crippen LogP contribution in [0.15, 0.2) is 121 Å². The predicted molar refractivity (Wildman–Crippen MR) is 267 cm³/mol. The summed E-state index contributed by atoms with van der Waals surface area (Å²) in [6.07, 6.45) is 3.53. The van der Waals surface area contributed by atoms with Crippen LogP contribution >= 0.6 is 0 Å². The monoisotopic (exact) mass is 872 g/mol. The standard InChI is InChI=1S/C56H65N5O4/c1-9-29-61(30-28-58-46-24-21-45(22-25-46)56(6,7)8)52(62)35-43-17-13-16-42(33-43)34-51(44-19-26-48(27-20-44)65-49-31-37(2)39(4)38(3)32-49)60-54-53(40(5)57)50(55(63)64)36-47(59-54)23-18-41-14-11-10-12-15-41/h10-27,31-33,36,51,55,57-58,63-64H,9,28-30,34-35H2,1-8H3,(H,59,60)/b23-18+,57-40?. The molecule has 1 aromatic heterocycles. The number of hydrogen-bond donors (Lipinski definition) is 5. The van der Waals surface area contributed by atoms with Crippen molar-refractivity contribution in [1.29, 1.82) is 5.41 Å². The van der Waals surface area contributed by atoms with E-state index in [1.165, 1.54) is 11.1 Å². The molecule has 6 aromatic rings. The lowest BCUT2D eigenvalue weighted by atomic mass is 9.87. The van der Waals surface area contributed by atoms with Gasteiger partial charge < -0.3 is 35.9 Å². The van der Waals surface area contributed by atoms with E-state index < -0.39 is 6.29 Å². The lowest BCUT2D eigenvalue weighted by Gasteiger charge is -2.25. The number of pyridine rings is 1. The van der Waals surface area contributed by atoms with E-state index in [-0.39, 0.29) is 35.1 Å². The second kappa shape index (κ2) is 21.9. The van der Waals surface area contributed by atoms with Gasteiger partial charge >= 0.3 is 0 Å². The van der Waals surface area contributed by atoms with Crippen molar-refractivity contribution in [1.82, 2.24) is 9.88 Å². The Labute approximate surface area is 385 Å². The first kappa shape index (κ1) is 47.9. The Bertz CT molecular complexity index is 2560. The number of nitrogens with one attached hydrogen (secondary N) is 3. The van der Waals surface area contributed by atoms with Gasteiger partial charge in [0.25, 0.3) is 0 Å². The van der Waals surface area contributed by atoms with Gasteiger partial charge in [-0.15, -0.1) is 0 Å². The highest BCUT2D eigenvalue weighted by Crippen LogP contribution is 2.33. The van der Waals surface area contributed by atoms with Crippen molar-refractivity contribution in [2.24, 2.45) is 0 Å². The molecule has 0 bridgehead atoms. The summed E-state index contributed by atoms with van der Waals surface area (Å²) in [5, 5.41) is 37.1. The van der Waals surface area contributed by atoms with Gasteiger partial charge in [0.15, 0.2) is 6.29 Å². The number of benzene rings is 5. The number of carbonyl (C=O) groups is 1. The molecular weight excluding hydrogens is 807 g/mol. The molecule has 1 atom stereocenters. The summed E-state index contributed by atoms with van der Waals surface area (Å²) in [6, 6.07) is 39.7. The highest BCUT2D eigenvalue weighted by atomic mass is 16.5. The number of aliphatic hydroxyl groups is 2. The van der Waals surface area contributed by atoms with Crippen LogP contribution in [0.1, 0.15) is 115 Å². The van der Waals surface area contributed by atoms with Crippen molar-refractivity contribution >= 4 is 35.3 Å². The molecule has 0 aliphatic carbocycles. The third-order valence-corrected chi connectivity index (χ3v) is 11.8. The molecule has 9 heteroatoms. The SMILES string of the molecule is CCCN(CCNc1ccc(C(C)(C)C)cc1)C(=O)Cc1cccc(CC(Nc2nc(/C=C/c3ccccc3)cc(C(O)O)c2C(C)=N)c2ccc(Oc3cc(C)c(C)c(C)c3)cc2)c1. The molecule has 1 heterocycles. The Morgan fingerprint density at radius 3 is 2.12 bits per heavy atom. The number of hydrogen-bond acceptors (Lipinski definition) is 8. The fourth-order valence-electron chi connectivity index (χ4n) is 7.94. The maximum absolute atomic E-state index is 13.9. The van der Waals surface area contributed by atoms with E-state index in [1.54, 1.807) is 13.0 Å². The van der Waals surface area contributed by atoms with Gasteiger partial charge in [-0.25, -0.2) is 4.98 Å². The van der Waals surface area contributed by atoms with E-state index in [2.05, 4.69) is 95.5 Å². The quantitative estimate of drug-likeness (QED) is 0.0405. The van der Waals surface area contributed by atoms with Gasteiger partial charge in [-0.3, -0.25) is 4.79 Å². The van der Waals surface area contributed by atoms with Crippen molar-refractivity contribution in [3.63, 3.8) is 0 Å². The minimum atomic E-state index is -1.83. The number of rotatable bonds is 19. The topological polar surface area (TPSA) is 131 Å². The third kappa shape index (κ3) is 13.3. The van der Waals surface area contributed by atoms with Gasteiger partial charge in [0.05, 0.1) is 18.2 Å². The number of ether oxygens (including phenoxy) is 1. The molecule has 1 amide bonds. The predicted octanol–water partition coefficient (Wildman–Crippen LogP) is 11.9. The lowest BCUT2D eigenvalue weighted by molar-refractivity contribution is -0.130. The van der Waals surface area contributed by atoms with Gasteiger partial charge in [0.2, 0.25) is 5.91 Å². The fourth-order valence-corrected chi connectivity index (χ4v) is 7.94. The largest absolute Gasteiger partial charge is 0.457 e. The van der Waals surface area contributed by atoms with Crippen molar-refractivity contribution in [3.8, 4) is 11.5 Å². The second-order valence-electron chi connectivity index (χ2n) is 18.0. The van der Waals surface area contributed by atoms with Gasteiger partial charge in [-0.2, -0.15) is 0 Å². The van der Waals surface area contributed by atoms with E-state index in [0.717, 1.165) is 51.2 Å². The molecule has 0 fully saturated rings. The number of aryl methyl sites for hydroxylation is 2. The molecule has 338 valence electrons. The first-order chi connectivity index (χ1) is 31.1. The average Bonchev–Trinajstić information content (AvgIpc) is 3.27. The maximum atomic E-state index is 13.9. The molecule has 5 N–H and O–H groups in total. The minimum Gasteiger partial charge on any atom is -0.457 e. The van der Waals surface area contributed by atoms with Crippen LogP contribution in [-0.4, -0.2) is 51.4 Å². The van der Waals surface area contributed by atoms with Gasteiger partial charge in [0, 0.05) is 42.2 Å². The summed E-state index contributed by atoms with van der Waals surface area (Å²) in [5.41, 5.74) is 10.9. The molecule has 65 heavy (non-hydrogen) atoms. The lowest BCUT2D eigenvalue weighted by Crippen LogP contribution is -2.36. The average molecular weight is 872 g/mol. The Morgan fingerprint density at radius 2 is 1.49 bits per heavy atom. The van der Waals surface area contributed by atoms with Crippen LogP contribution in [-0.2, 0) is 23.1 Å². The number of carbonyl (C=O) groups excluding carboxylic acids is 1. The first-order valence-corrected chi connectivity index (χ1v) is 22.6. The smallest absolute Gasteiger partial charge is 0.227 e. The van der Waals surface area contributed by atoms with Gasteiger partial charge in [0.1, 0.15) is 17.3 Å². The maximum Gasteiger partial charge on any atom is 0.227 e. The molecule has 0 spiro atoms.